The number of nitrogens with zero attached hydrogens (tertiary/aromatic N) is 1. The molecule has 5 heteroatoms. The standard InChI is InChI=1S/C23H29N3O2/c1-23(2,3)17-9-11-19(12-10-17)26-22(28)20-15-16(13-14-24-20)21(27)25-18-7-5-4-6-8-18/h9-15,18H,4-8H2,1-3H3,(H,25,27)(H,26,28). The van der Waals surface area contributed by atoms with Gasteiger partial charge < -0.3 is 10.6 Å². The average molecular weight is 380 g/mol. The van der Waals surface area contributed by atoms with Crippen molar-refractivity contribution < 1.29 is 9.59 Å². The zero-order chi connectivity index (χ0) is 20.1. The summed E-state index contributed by atoms with van der Waals surface area (Å²) in [6, 6.07) is 11.2. The largest absolute Gasteiger partial charge is 0.349 e. The number of benzene rings is 1. The summed E-state index contributed by atoms with van der Waals surface area (Å²) in [4.78, 5) is 29.2. The van der Waals surface area contributed by atoms with Gasteiger partial charge in [-0.25, -0.2) is 0 Å². The molecule has 0 radical (unpaired) electrons. The predicted molar refractivity (Wildman–Crippen MR) is 112 cm³/mol. The molecule has 0 bridgehead atoms. The van der Waals surface area contributed by atoms with E-state index < -0.39 is 0 Å². The van der Waals surface area contributed by atoms with Gasteiger partial charge >= 0.3 is 0 Å². The van der Waals surface area contributed by atoms with Crippen LogP contribution in [0.4, 0.5) is 5.69 Å². The summed E-state index contributed by atoms with van der Waals surface area (Å²) in [6.45, 7) is 6.44. The van der Waals surface area contributed by atoms with Gasteiger partial charge in [0.25, 0.3) is 11.8 Å². The zero-order valence-electron chi connectivity index (χ0n) is 16.9. The van der Waals surface area contributed by atoms with E-state index in [9.17, 15) is 9.59 Å². The lowest BCUT2D eigenvalue weighted by atomic mass is 9.87. The summed E-state index contributed by atoms with van der Waals surface area (Å²) in [5.41, 5.74) is 2.66. The number of aromatic nitrogens is 1. The van der Waals surface area contributed by atoms with Crippen molar-refractivity contribution in [2.45, 2.75) is 64.3 Å². The lowest BCUT2D eigenvalue weighted by Crippen LogP contribution is -2.36. The van der Waals surface area contributed by atoms with Gasteiger partial charge in [0.05, 0.1) is 0 Å². The molecule has 1 saturated carbocycles. The van der Waals surface area contributed by atoms with E-state index in [-0.39, 0.29) is 29.0 Å². The van der Waals surface area contributed by atoms with E-state index in [2.05, 4.69) is 36.4 Å². The van der Waals surface area contributed by atoms with Crippen molar-refractivity contribution in [1.29, 1.82) is 0 Å². The summed E-state index contributed by atoms with van der Waals surface area (Å²) >= 11 is 0. The molecule has 0 atom stereocenters. The Labute approximate surface area is 167 Å². The fraction of sp³-hybridized carbons (Fsp3) is 0.435. The van der Waals surface area contributed by atoms with Crippen LogP contribution in [0.3, 0.4) is 0 Å². The van der Waals surface area contributed by atoms with Crippen molar-refractivity contribution in [1.82, 2.24) is 10.3 Å². The van der Waals surface area contributed by atoms with Gasteiger partial charge in [0, 0.05) is 23.5 Å². The number of nitrogens with one attached hydrogen (secondary N) is 2. The first-order valence-corrected chi connectivity index (χ1v) is 10.0. The first kappa shape index (κ1) is 20.1. The van der Waals surface area contributed by atoms with Crippen LogP contribution in [0, 0.1) is 0 Å². The summed E-state index contributed by atoms with van der Waals surface area (Å²) in [5, 5.41) is 5.92. The molecule has 1 heterocycles. The van der Waals surface area contributed by atoms with Gasteiger partial charge in [-0.3, -0.25) is 14.6 Å². The van der Waals surface area contributed by atoms with Gasteiger partial charge in [0.1, 0.15) is 5.69 Å². The van der Waals surface area contributed by atoms with Crippen LogP contribution in [0.15, 0.2) is 42.6 Å². The topological polar surface area (TPSA) is 71.1 Å². The quantitative estimate of drug-likeness (QED) is 0.809. The third-order valence-electron chi connectivity index (χ3n) is 5.20. The fourth-order valence-corrected chi connectivity index (χ4v) is 3.46. The van der Waals surface area contributed by atoms with Gasteiger partial charge in [0.2, 0.25) is 0 Å². The maximum atomic E-state index is 12.6. The van der Waals surface area contributed by atoms with Gasteiger partial charge in [-0.1, -0.05) is 52.2 Å². The van der Waals surface area contributed by atoms with Crippen molar-refractivity contribution in [3.05, 3.63) is 59.4 Å². The van der Waals surface area contributed by atoms with Crippen LogP contribution in [-0.2, 0) is 5.41 Å². The summed E-state index contributed by atoms with van der Waals surface area (Å²) in [5.74, 6) is -0.464. The molecule has 3 rings (SSSR count). The molecule has 1 aromatic carbocycles. The SMILES string of the molecule is CC(C)(C)c1ccc(NC(=O)c2cc(C(=O)NC3CCCCC3)ccn2)cc1. The lowest BCUT2D eigenvalue weighted by Gasteiger charge is -2.22. The molecular weight excluding hydrogens is 350 g/mol. The first-order chi connectivity index (χ1) is 13.3. The number of rotatable bonds is 4. The molecule has 0 spiro atoms. The first-order valence-electron chi connectivity index (χ1n) is 10.0. The van der Waals surface area contributed by atoms with Gasteiger partial charge in [-0.2, -0.15) is 0 Å². The monoisotopic (exact) mass is 379 g/mol. The Morgan fingerprint density at radius 1 is 0.964 bits per heavy atom. The number of amides is 2. The summed E-state index contributed by atoms with van der Waals surface area (Å²) in [6.07, 6.45) is 7.10. The van der Waals surface area contributed by atoms with Crippen LogP contribution in [0.5, 0.6) is 0 Å². The van der Waals surface area contributed by atoms with Gasteiger partial charge in [-0.15, -0.1) is 0 Å². The van der Waals surface area contributed by atoms with E-state index in [0.29, 0.717) is 11.3 Å². The lowest BCUT2D eigenvalue weighted by molar-refractivity contribution is 0.0927. The molecule has 1 aliphatic carbocycles. The van der Waals surface area contributed by atoms with Gasteiger partial charge in [-0.05, 0) is 48.1 Å². The minimum atomic E-state index is -0.323. The minimum Gasteiger partial charge on any atom is -0.349 e. The van der Waals surface area contributed by atoms with Crippen LogP contribution < -0.4 is 10.6 Å². The third kappa shape index (κ3) is 5.18. The number of anilines is 1. The molecule has 0 unspecified atom stereocenters. The normalized spacial score (nSPS) is 15.1. The molecule has 2 aromatic rings. The Morgan fingerprint density at radius 2 is 1.64 bits per heavy atom. The Kier molecular flexibility index (Phi) is 6.12. The Balaban J connectivity index is 1.65. The predicted octanol–water partition coefficient (Wildman–Crippen LogP) is 4.69. The van der Waals surface area contributed by atoms with Crippen LogP contribution in [0.1, 0.15) is 79.3 Å². The molecule has 28 heavy (non-hydrogen) atoms. The molecule has 2 amide bonds. The van der Waals surface area contributed by atoms with Crippen molar-refractivity contribution in [3.63, 3.8) is 0 Å². The maximum Gasteiger partial charge on any atom is 0.274 e. The summed E-state index contributed by atoms with van der Waals surface area (Å²) in [7, 11) is 0. The molecule has 5 nitrogen and oxygen atoms in total. The number of hydrogen-bond acceptors (Lipinski definition) is 3. The van der Waals surface area contributed by atoms with Gasteiger partial charge in [0.15, 0.2) is 0 Å². The smallest absolute Gasteiger partial charge is 0.274 e. The number of pyridine rings is 1. The van der Waals surface area contributed by atoms with Crippen LogP contribution in [-0.4, -0.2) is 22.8 Å². The molecule has 0 aliphatic heterocycles. The highest BCUT2D eigenvalue weighted by molar-refractivity contribution is 6.04. The Hall–Kier alpha value is -2.69. The van der Waals surface area contributed by atoms with Crippen molar-refractivity contribution in [3.8, 4) is 0 Å². The van der Waals surface area contributed by atoms with E-state index >= 15 is 0 Å². The van der Waals surface area contributed by atoms with Crippen LogP contribution in [0.25, 0.3) is 0 Å². The van der Waals surface area contributed by atoms with Crippen molar-refractivity contribution >= 4 is 17.5 Å². The Bertz CT molecular complexity index is 832. The minimum absolute atomic E-state index is 0.0596. The fourth-order valence-electron chi connectivity index (χ4n) is 3.46. The third-order valence-corrected chi connectivity index (χ3v) is 5.20. The number of hydrogen-bond donors (Lipinski definition) is 2. The second kappa shape index (κ2) is 8.55. The second-order valence-electron chi connectivity index (χ2n) is 8.52. The Morgan fingerprint density at radius 3 is 2.29 bits per heavy atom. The van der Waals surface area contributed by atoms with E-state index in [1.54, 1.807) is 12.1 Å². The van der Waals surface area contributed by atoms with Crippen molar-refractivity contribution in [2.24, 2.45) is 0 Å². The highest BCUT2D eigenvalue weighted by Gasteiger charge is 2.18. The van der Waals surface area contributed by atoms with E-state index in [1.807, 2.05) is 24.3 Å². The van der Waals surface area contributed by atoms with Crippen LogP contribution in [0.2, 0.25) is 0 Å². The van der Waals surface area contributed by atoms with Crippen molar-refractivity contribution in [2.75, 3.05) is 5.32 Å². The van der Waals surface area contributed by atoms with Crippen LogP contribution >= 0.6 is 0 Å². The van der Waals surface area contributed by atoms with E-state index in [4.69, 9.17) is 0 Å². The molecule has 2 N–H and O–H groups in total. The average Bonchev–Trinajstić information content (AvgIpc) is 2.68. The second-order valence-corrected chi connectivity index (χ2v) is 8.52. The highest BCUT2D eigenvalue weighted by Crippen LogP contribution is 2.23. The zero-order valence-corrected chi connectivity index (χ0v) is 16.9. The molecule has 0 saturated heterocycles. The van der Waals surface area contributed by atoms with E-state index in [0.717, 1.165) is 25.7 Å². The summed E-state index contributed by atoms with van der Waals surface area (Å²) < 4.78 is 0. The van der Waals surface area contributed by atoms with E-state index in [1.165, 1.54) is 18.2 Å². The molecule has 148 valence electrons. The molecular formula is C23H29N3O2. The molecule has 1 fully saturated rings. The number of carbonyl (C=O) groups excluding carboxylic acids is 2. The maximum absolute atomic E-state index is 12.6. The molecule has 1 aliphatic rings. The highest BCUT2D eigenvalue weighted by atomic mass is 16.2. The molecule has 1 aromatic heterocycles. The number of carbonyl (C=O) groups is 2.